The van der Waals surface area contributed by atoms with E-state index >= 15 is 0 Å². The first kappa shape index (κ1) is 11.8. The lowest BCUT2D eigenvalue weighted by atomic mass is 10.0. The second-order valence-electron chi connectivity index (χ2n) is 5.20. The van der Waals surface area contributed by atoms with Gasteiger partial charge in [-0.25, -0.2) is 9.78 Å². The van der Waals surface area contributed by atoms with Crippen LogP contribution in [0.15, 0.2) is 12.1 Å². The van der Waals surface area contributed by atoms with Crippen LogP contribution in [0.25, 0.3) is 0 Å². The Labute approximate surface area is 111 Å². The lowest BCUT2D eigenvalue weighted by Gasteiger charge is -2.18. The molecule has 0 amide bonds. The maximum Gasteiger partial charge on any atom is 0.335 e. The van der Waals surface area contributed by atoms with Gasteiger partial charge in [0.25, 0.3) is 0 Å². The maximum absolute atomic E-state index is 11.0. The second kappa shape index (κ2) is 4.43. The molecule has 2 atom stereocenters. The zero-order valence-electron chi connectivity index (χ0n) is 9.97. The van der Waals surface area contributed by atoms with E-state index in [1.807, 2.05) is 0 Å². The summed E-state index contributed by atoms with van der Waals surface area (Å²) in [5.41, 5.74) is 0.210. The zero-order chi connectivity index (χ0) is 12.7. The zero-order valence-corrected chi connectivity index (χ0v) is 10.7. The lowest BCUT2D eigenvalue weighted by Crippen LogP contribution is -2.22. The summed E-state index contributed by atoms with van der Waals surface area (Å²) in [6.07, 6.45) is 3.90. The minimum absolute atomic E-state index is 0.210. The summed E-state index contributed by atoms with van der Waals surface area (Å²) in [7, 11) is 0. The first-order chi connectivity index (χ1) is 8.63. The number of fused-ring (bicyclic) bond motifs is 1. The molecule has 1 N–H and O–H groups in total. The van der Waals surface area contributed by atoms with Crippen molar-refractivity contribution in [3.63, 3.8) is 0 Å². The Morgan fingerprint density at radius 2 is 2.00 bits per heavy atom. The number of anilines is 1. The maximum atomic E-state index is 11.0. The molecule has 1 aromatic heterocycles. The first-order valence-electron chi connectivity index (χ1n) is 6.29. The molecule has 0 radical (unpaired) electrons. The van der Waals surface area contributed by atoms with Gasteiger partial charge in [-0.1, -0.05) is 18.0 Å². The fourth-order valence-electron chi connectivity index (χ4n) is 3.19. The van der Waals surface area contributed by atoms with E-state index in [2.05, 4.69) is 9.88 Å². The molecule has 2 heterocycles. The third kappa shape index (κ3) is 2.05. The van der Waals surface area contributed by atoms with Crippen LogP contribution in [0.2, 0.25) is 5.15 Å². The Morgan fingerprint density at radius 3 is 2.61 bits per heavy atom. The van der Waals surface area contributed by atoms with Crippen molar-refractivity contribution in [2.24, 2.45) is 11.8 Å². The fourth-order valence-corrected chi connectivity index (χ4v) is 3.39. The topological polar surface area (TPSA) is 53.4 Å². The van der Waals surface area contributed by atoms with Gasteiger partial charge in [0.05, 0.1) is 5.56 Å². The minimum Gasteiger partial charge on any atom is -0.478 e. The summed E-state index contributed by atoms with van der Waals surface area (Å²) >= 11 is 5.89. The molecular weight excluding hydrogens is 252 g/mol. The number of rotatable bonds is 2. The Balaban J connectivity index is 1.86. The van der Waals surface area contributed by atoms with Gasteiger partial charge in [-0.3, -0.25) is 0 Å². The molecule has 96 valence electrons. The van der Waals surface area contributed by atoms with E-state index < -0.39 is 5.97 Å². The number of hydrogen-bond acceptors (Lipinski definition) is 3. The summed E-state index contributed by atoms with van der Waals surface area (Å²) in [6, 6.07) is 3.01. The van der Waals surface area contributed by atoms with E-state index in [1.165, 1.54) is 25.3 Å². The van der Waals surface area contributed by atoms with Gasteiger partial charge in [0, 0.05) is 13.1 Å². The van der Waals surface area contributed by atoms with Crippen LogP contribution in [-0.4, -0.2) is 29.1 Å². The van der Waals surface area contributed by atoms with Crippen LogP contribution in [-0.2, 0) is 0 Å². The molecule has 5 heteroatoms. The van der Waals surface area contributed by atoms with Crippen LogP contribution in [0.1, 0.15) is 29.6 Å². The molecule has 1 aromatic rings. The van der Waals surface area contributed by atoms with Gasteiger partial charge in [-0.15, -0.1) is 0 Å². The molecule has 0 spiro atoms. The number of hydrogen-bond donors (Lipinski definition) is 1. The number of aromatic carboxylic acids is 1. The van der Waals surface area contributed by atoms with Crippen LogP contribution in [0.4, 0.5) is 5.82 Å². The molecule has 18 heavy (non-hydrogen) atoms. The highest BCUT2D eigenvalue weighted by molar-refractivity contribution is 6.29. The summed E-state index contributed by atoms with van der Waals surface area (Å²) in [5.74, 6) is 1.24. The predicted octanol–water partition coefficient (Wildman–Crippen LogP) is 2.67. The number of carboxylic acid groups (broad SMARTS) is 1. The van der Waals surface area contributed by atoms with E-state index in [1.54, 1.807) is 6.07 Å². The Kier molecular flexibility index (Phi) is 2.90. The highest BCUT2D eigenvalue weighted by atomic mass is 35.5. The van der Waals surface area contributed by atoms with Crippen LogP contribution in [0.5, 0.6) is 0 Å². The molecule has 1 aliphatic heterocycles. The third-order valence-corrected chi connectivity index (χ3v) is 4.27. The Hall–Kier alpha value is -1.29. The average Bonchev–Trinajstić information content (AvgIpc) is 2.87. The molecule has 0 aromatic carbocycles. The Bertz CT molecular complexity index is 480. The van der Waals surface area contributed by atoms with Crippen molar-refractivity contribution in [3.05, 3.63) is 22.8 Å². The quantitative estimate of drug-likeness (QED) is 0.836. The van der Waals surface area contributed by atoms with E-state index in [0.717, 1.165) is 24.9 Å². The molecule has 3 rings (SSSR count). The summed E-state index contributed by atoms with van der Waals surface area (Å²) in [5, 5.41) is 9.28. The van der Waals surface area contributed by atoms with Crippen molar-refractivity contribution in [2.75, 3.05) is 18.0 Å². The summed E-state index contributed by atoms with van der Waals surface area (Å²) in [6.45, 7) is 1.97. The molecule has 1 saturated carbocycles. The van der Waals surface area contributed by atoms with Crippen LogP contribution < -0.4 is 4.90 Å². The number of aromatic nitrogens is 1. The number of carbonyl (C=O) groups is 1. The van der Waals surface area contributed by atoms with Crippen molar-refractivity contribution in [3.8, 4) is 0 Å². The minimum atomic E-state index is -0.958. The third-order valence-electron chi connectivity index (χ3n) is 4.08. The van der Waals surface area contributed by atoms with Crippen molar-refractivity contribution in [1.82, 2.24) is 4.98 Å². The van der Waals surface area contributed by atoms with Gasteiger partial charge in [0.2, 0.25) is 0 Å². The van der Waals surface area contributed by atoms with E-state index in [-0.39, 0.29) is 10.7 Å². The van der Waals surface area contributed by atoms with Crippen molar-refractivity contribution < 1.29 is 9.90 Å². The standard InChI is InChI=1S/C13H15ClN2O2/c14-11-4-10(13(17)18)5-12(15-11)16-6-8-2-1-3-9(8)7-16/h4-5,8-9H,1-3,6-7H2,(H,17,18). The lowest BCUT2D eigenvalue weighted by molar-refractivity contribution is 0.0697. The predicted molar refractivity (Wildman–Crippen MR) is 69.3 cm³/mol. The van der Waals surface area contributed by atoms with Crippen LogP contribution in [0, 0.1) is 11.8 Å². The normalized spacial score (nSPS) is 26.4. The monoisotopic (exact) mass is 266 g/mol. The highest BCUT2D eigenvalue weighted by Gasteiger charge is 2.36. The number of carboxylic acids is 1. The fraction of sp³-hybridized carbons (Fsp3) is 0.538. The average molecular weight is 267 g/mol. The second-order valence-corrected chi connectivity index (χ2v) is 5.59. The van der Waals surface area contributed by atoms with Crippen molar-refractivity contribution in [2.45, 2.75) is 19.3 Å². The molecule has 4 nitrogen and oxygen atoms in total. The number of pyridine rings is 1. The SMILES string of the molecule is O=C(O)c1cc(Cl)nc(N2CC3CCCC3C2)c1. The van der Waals surface area contributed by atoms with E-state index in [4.69, 9.17) is 16.7 Å². The van der Waals surface area contributed by atoms with Gasteiger partial charge < -0.3 is 10.0 Å². The van der Waals surface area contributed by atoms with Gasteiger partial charge in [0.15, 0.2) is 0 Å². The highest BCUT2D eigenvalue weighted by Crippen LogP contribution is 2.39. The summed E-state index contributed by atoms with van der Waals surface area (Å²) in [4.78, 5) is 17.4. The van der Waals surface area contributed by atoms with Crippen molar-refractivity contribution >= 4 is 23.4 Å². The number of nitrogens with zero attached hydrogens (tertiary/aromatic N) is 2. The largest absolute Gasteiger partial charge is 0.478 e. The van der Waals surface area contributed by atoms with Gasteiger partial charge >= 0.3 is 5.97 Å². The molecule has 2 unspecified atom stereocenters. The van der Waals surface area contributed by atoms with Gasteiger partial charge in [-0.2, -0.15) is 0 Å². The van der Waals surface area contributed by atoms with Gasteiger partial charge in [0.1, 0.15) is 11.0 Å². The molecule has 2 aliphatic rings. The molecule has 1 aliphatic carbocycles. The van der Waals surface area contributed by atoms with Crippen LogP contribution >= 0.6 is 11.6 Å². The molecule has 2 fully saturated rings. The summed E-state index contributed by atoms with van der Waals surface area (Å²) < 4.78 is 0. The van der Waals surface area contributed by atoms with Crippen molar-refractivity contribution in [1.29, 1.82) is 0 Å². The Morgan fingerprint density at radius 1 is 1.33 bits per heavy atom. The first-order valence-corrected chi connectivity index (χ1v) is 6.67. The molecule has 1 saturated heterocycles. The molecule has 0 bridgehead atoms. The molecular formula is C13H15ClN2O2. The van der Waals surface area contributed by atoms with Crippen LogP contribution in [0.3, 0.4) is 0 Å². The van der Waals surface area contributed by atoms with Gasteiger partial charge in [-0.05, 0) is 36.8 Å². The number of halogens is 1. The smallest absolute Gasteiger partial charge is 0.335 e. The van der Waals surface area contributed by atoms with E-state index in [9.17, 15) is 4.79 Å². The van der Waals surface area contributed by atoms with E-state index in [0.29, 0.717) is 5.82 Å².